The molecule has 0 aromatic carbocycles. The van der Waals surface area contributed by atoms with Gasteiger partial charge in [0.1, 0.15) is 5.54 Å². The van der Waals surface area contributed by atoms with Crippen LogP contribution in [0.15, 0.2) is 12.4 Å². The maximum atomic E-state index is 13.0. The monoisotopic (exact) mass is 320 g/mol. The molecule has 1 saturated carbocycles. The van der Waals surface area contributed by atoms with E-state index in [1.54, 1.807) is 11.9 Å². The Hall–Kier alpha value is -1.73. The molecule has 2 heterocycles. The Labute approximate surface area is 135 Å². The minimum absolute atomic E-state index is 0.133. The third kappa shape index (κ3) is 2.57. The number of nitrogens with zero attached hydrogens (tertiary/aromatic N) is 3. The van der Waals surface area contributed by atoms with Gasteiger partial charge in [-0.2, -0.15) is 5.10 Å². The number of aromatic amines is 1. The Morgan fingerprint density at radius 2 is 2.13 bits per heavy atom. The average molecular weight is 320 g/mol. The second-order valence-electron chi connectivity index (χ2n) is 6.78. The fraction of sp³-hybridized carbons (Fsp3) is 0.688. The number of aliphatic hydroxyl groups excluding tert-OH is 1. The zero-order valence-electron chi connectivity index (χ0n) is 13.7. The number of Topliss-reactive ketones (excluding diaryl/α,β-unsaturated/α-hetero) is 1. The van der Waals surface area contributed by atoms with Gasteiger partial charge in [-0.15, -0.1) is 0 Å². The number of carbonyl (C=O) groups is 2. The second-order valence-corrected chi connectivity index (χ2v) is 6.78. The highest BCUT2D eigenvalue weighted by atomic mass is 16.3. The van der Waals surface area contributed by atoms with Gasteiger partial charge < -0.3 is 5.11 Å². The summed E-state index contributed by atoms with van der Waals surface area (Å²) in [6.07, 6.45) is 7.28. The molecular formula is C16H24N4O3. The molecule has 7 heteroatoms. The number of aromatic nitrogens is 2. The first kappa shape index (κ1) is 16.1. The van der Waals surface area contributed by atoms with Crippen LogP contribution >= 0.6 is 0 Å². The van der Waals surface area contributed by atoms with E-state index in [-0.39, 0.29) is 24.2 Å². The first-order chi connectivity index (χ1) is 11.0. The van der Waals surface area contributed by atoms with E-state index in [4.69, 9.17) is 0 Å². The molecular weight excluding hydrogens is 296 g/mol. The third-order valence-electron chi connectivity index (χ3n) is 5.59. The summed E-state index contributed by atoms with van der Waals surface area (Å²) in [6, 6.07) is 0. The summed E-state index contributed by atoms with van der Waals surface area (Å²) in [5.74, 6) is -0.166. The van der Waals surface area contributed by atoms with Crippen LogP contribution in [0.5, 0.6) is 0 Å². The fourth-order valence-corrected chi connectivity index (χ4v) is 3.93. The summed E-state index contributed by atoms with van der Waals surface area (Å²) in [6.45, 7) is 1.77. The first-order valence-corrected chi connectivity index (χ1v) is 8.20. The average Bonchev–Trinajstić information content (AvgIpc) is 3.16. The van der Waals surface area contributed by atoms with Crippen molar-refractivity contribution in [1.29, 1.82) is 0 Å². The number of rotatable bonds is 4. The van der Waals surface area contributed by atoms with E-state index in [1.807, 2.05) is 6.92 Å². The van der Waals surface area contributed by atoms with Gasteiger partial charge in [0, 0.05) is 6.20 Å². The van der Waals surface area contributed by atoms with E-state index >= 15 is 0 Å². The molecule has 2 atom stereocenters. The van der Waals surface area contributed by atoms with Gasteiger partial charge in [0.25, 0.3) is 0 Å². The van der Waals surface area contributed by atoms with Crippen molar-refractivity contribution in [2.24, 2.45) is 5.92 Å². The number of amides is 1. The SMILES string of the molecule is CN1C(O)N(CC(=O)c2cn[nH]c2)C(=O)C1(C)C1CCCCC1. The second kappa shape index (κ2) is 6.05. The quantitative estimate of drug-likeness (QED) is 0.807. The summed E-state index contributed by atoms with van der Waals surface area (Å²) in [4.78, 5) is 28.3. The molecule has 2 fully saturated rings. The third-order valence-corrected chi connectivity index (χ3v) is 5.59. The molecule has 2 aliphatic rings. The van der Waals surface area contributed by atoms with Crippen molar-refractivity contribution in [3.8, 4) is 0 Å². The zero-order valence-corrected chi connectivity index (χ0v) is 13.7. The Balaban J connectivity index is 1.80. The van der Waals surface area contributed by atoms with Crippen LogP contribution in [0.4, 0.5) is 0 Å². The largest absolute Gasteiger partial charge is 0.361 e. The van der Waals surface area contributed by atoms with Gasteiger partial charge in [-0.05, 0) is 32.7 Å². The predicted molar refractivity (Wildman–Crippen MR) is 83.4 cm³/mol. The van der Waals surface area contributed by atoms with Gasteiger partial charge in [-0.25, -0.2) is 4.90 Å². The highest BCUT2D eigenvalue weighted by molar-refractivity contribution is 6.00. The van der Waals surface area contributed by atoms with Gasteiger partial charge >= 0.3 is 0 Å². The lowest BCUT2D eigenvalue weighted by Crippen LogP contribution is -2.52. The molecule has 3 rings (SSSR count). The Morgan fingerprint density at radius 3 is 2.74 bits per heavy atom. The van der Waals surface area contributed by atoms with E-state index in [9.17, 15) is 14.7 Å². The number of hydrogen-bond acceptors (Lipinski definition) is 5. The lowest BCUT2D eigenvalue weighted by Gasteiger charge is -2.39. The number of nitrogens with one attached hydrogen (secondary N) is 1. The van der Waals surface area contributed by atoms with Gasteiger partial charge in [-0.3, -0.25) is 19.6 Å². The van der Waals surface area contributed by atoms with Crippen molar-refractivity contribution in [2.45, 2.75) is 50.9 Å². The maximum Gasteiger partial charge on any atom is 0.246 e. The molecule has 1 saturated heterocycles. The number of hydrogen-bond donors (Lipinski definition) is 2. The normalized spacial score (nSPS) is 30.1. The molecule has 2 N–H and O–H groups in total. The number of H-pyrrole nitrogens is 1. The Bertz CT molecular complexity index is 582. The van der Waals surface area contributed by atoms with Crippen LogP contribution in [-0.4, -0.2) is 62.3 Å². The van der Waals surface area contributed by atoms with Crippen LogP contribution in [0.1, 0.15) is 49.4 Å². The summed E-state index contributed by atoms with van der Waals surface area (Å²) < 4.78 is 0. The summed E-state index contributed by atoms with van der Waals surface area (Å²) in [5.41, 5.74) is -0.324. The van der Waals surface area contributed by atoms with Crippen molar-refractivity contribution in [3.63, 3.8) is 0 Å². The van der Waals surface area contributed by atoms with E-state index in [1.165, 1.54) is 23.7 Å². The van der Waals surface area contributed by atoms with E-state index in [2.05, 4.69) is 10.2 Å². The van der Waals surface area contributed by atoms with Crippen LogP contribution in [0.2, 0.25) is 0 Å². The standard InChI is InChI=1S/C16H24N4O3/c1-16(12-6-4-3-5-7-12)14(22)20(15(23)19(16)2)10-13(21)11-8-17-18-9-11/h8-9,12,15,23H,3-7,10H2,1-2H3,(H,17,18). The van der Waals surface area contributed by atoms with E-state index in [0.717, 1.165) is 25.7 Å². The molecule has 1 aliphatic carbocycles. The molecule has 1 aromatic rings. The number of carbonyl (C=O) groups excluding carboxylic acids is 2. The number of ketones is 1. The van der Waals surface area contributed by atoms with Gasteiger partial charge in [0.2, 0.25) is 5.91 Å². The van der Waals surface area contributed by atoms with E-state index < -0.39 is 11.9 Å². The van der Waals surface area contributed by atoms with Crippen LogP contribution in [0, 0.1) is 5.92 Å². The molecule has 0 radical (unpaired) electrons. The lowest BCUT2D eigenvalue weighted by molar-refractivity contribution is -0.137. The van der Waals surface area contributed by atoms with Gasteiger partial charge in [-0.1, -0.05) is 19.3 Å². The van der Waals surface area contributed by atoms with Crippen molar-refractivity contribution in [1.82, 2.24) is 20.0 Å². The summed E-state index contributed by atoms with van der Waals surface area (Å²) in [7, 11) is 1.76. The maximum absolute atomic E-state index is 13.0. The molecule has 0 bridgehead atoms. The van der Waals surface area contributed by atoms with Crippen LogP contribution < -0.4 is 0 Å². The molecule has 1 amide bonds. The van der Waals surface area contributed by atoms with E-state index in [0.29, 0.717) is 5.56 Å². The molecule has 126 valence electrons. The van der Waals surface area contributed by atoms with Crippen LogP contribution in [0.3, 0.4) is 0 Å². The van der Waals surface area contributed by atoms with Crippen molar-refractivity contribution < 1.29 is 14.7 Å². The van der Waals surface area contributed by atoms with Gasteiger partial charge in [0.15, 0.2) is 12.1 Å². The number of likely N-dealkylation sites (N-methyl/N-ethyl adjacent to an activating group) is 1. The summed E-state index contributed by atoms with van der Waals surface area (Å²) in [5, 5.41) is 16.8. The molecule has 1 aliphatic heterocycles. The molecule has 0 spiro atoms. The Kier molecular flexibility index (Phi) is 4.25. The topological polar surface area (TPSA) is 89.5 Å². The molecule has 2 unspecified atom stereocenters. The minimum atomic E-state index is -1.06. The highest BCUT2D eigenvalue weighted by Crippen LogP contribution is 2.41. The van der Waals surface area contributed by atoms with Crippen molar-refractivity contribution in [2.75, 3.05) is 13.6 Å². The minimum Gasteiger partial charge on any atom is -0.361 e. The van der Waals surface area contributed by atoms with Crippen molar-refractivity contribution in [3.05, 3.63) is 18.0 Å². The highest BCUT2D eigenvalue weighted by Gasteiger charge is 2.56. The molecule has 23 heavy (non-hydrogen) atoms. The molecule has 1 aromatic heterocycles. The summed E-state index contributed by atoms with van der Waals surface area (Å²) >= 11 is 0. The predicted octanol–water partition coefficient (Wildman–Crippen LogP) is 0.981. The Morgan fingerprint density at radius 1 is 1.43 bits per heavy atom. The number of aliphatic hydroxyl groups is 1. The molecule has 7 nitrogen and oxygen atoms in total. The lowest BCUT2D eigenvalue weighted by atomic mass is 9.75. The fourth-order valence-electron chi connectivity index (χ4n) is 3.93. The smallest absolute Gasteiger partial charge is 0.246 e. The van der Waals surface area contributed by atoms with Crippen LogP contribution in [0.25, 0.3) is 0 Å². The van der Waals surface area contributed by atoms with Gasteiger partial charge in [0.05, 0.1) is 18.3 Å². The first-order valence-electron chi connectivity index (χ1n) is 8.20. The zero-order chi connectivity index (χ0) is 16.6. The van der Waals surface area contributed by atoms with Crippen LogP contribution in [-0.2, 0) is 4.79 Å². The van der Waals surface area contributed by atoms with Crippen molar-refractivity contribution >= 4 is 11.7 Å².